The van der Waals surface area contributed by atoms with Crippen LogP contribution in [0.3, 0.4) is 0 Å². The van der Waals surface area contributed by atoms with Gasteiger partial charge in [-0.25, -0.2) is 9.78 Å². The van der Waals surface area contributed by atoms with Crippen molar-refractivity contribution in [1.82, 2.24) is 9.88 Å². The van der Waals surface area contributed by atoms with Crippen LogP contribution >= 0.6 is 11.3 Å². The van der Waals surface area contributed by atoms with E-state index in [4.69, 9.17) is 0 Å². The first-order chi connectivity index (χ1) is 9.82. The van der Waals surface area contributed by atoms with Gasteiger partial charge in [0.15, 0.2) is 5.13 Å². The van der Waals surface area contributed by atoms with Crippen molar-refractivity contribution in [3.8, 4) is 0 Å². The summed E-state index contributed by atoms with van der Waals surface area (Å²) in [6.45, 7) is 6.59. The van der Waals surface area contributed by atoms with Gasteiger partial charge in [0.2, 0.25) is 0 Å². The zero-order valence-corrected chi connectivity index (χ0v) is 13.4. The van der Waals surface area contributed by atoms with E-state index in [-0.39, 0.29) is 12.6 Å². The molecule has 2 heterocycles. The first-order valence-electron chi connectivity index (χ1n) is 7.06. The van der Waals surface area contributed by atoms with Crippen LogP contribution in [0.4, 0.5) is 9.93 Å². The molecular formula is C14H21N3O3S. The predicted octanol–water partition coefficient (Wildman–Crippen LogP) is 2.99. The monoisotopic (exact) mass is 311 g/mol. The van der Waals surface area contributed by atoms with Crippen molar-refractivity contribution < 1.29 is 14.7 Å². The smallest absolute Gasteiger partial charge is 0.323 e. The minimum Gasteiger partial charge on any atom is -0.481 e. The number of aromatic nitrogens is 1. The highest BCUT2D eigenvalue weighted by molar-refractivity contribution is 7.13. The van der Waals surface area contributed by atoms with Crippen molar-refractivity contribution in [3.05, 3.63) is 11.1 Å². The molecule has 0 aromatic carbocycles. The Kier molecular flexibility index (Phi) is 4.51. The number of carbonyl (C=O) groups excluding carboxylic acids is 1. The minimum atomic E-state index is -0.860. The summed E-state index contributed by atoms with van der Waals surface area (Å²) in [5.74, 6) is -0.534. The Bertz CT molecular complexity index is 543. The Labute approximate surface area is 128 Å². The SMILES string of the molecule is CC(C)c1csc(NC(=O)N2CCCC(C)(C(=O)O)C2)n1. The van der Waals surface area contributed by atoms with E-state index in [2.05, 4.69) is 10.3 Å². The summed E-state index contributed by atoms with van der Waals surface area (Å²) >= 11 is 1.39. The minimum absolute atomic E-state index is 0.233. The number of carboxylic acids is 1. The first kappa shape index (κ1) is 15.8. The molecule has 116 valence electrons. The Morgan fingerprint density at radius 1 is 1.52 bits per heavy atom. The zero-order valence-electron chi connectivity index (χ0n) is 12.5. The average Bonchev–Trinajstić information content (AvgIpc) is 2.87. The molecule has 1 aliphatic rings. The van der Waals surface area contributed by atoms with Crippen molar-refractivity contribution in [2.45, 2.75) is 39.5 Å². The number of amides is 2. The number of nitrogens with one attached hydrogen (secondary N) is 1. The molecule has 0 aliphatic carbocycles. The molecule has 2 N–H and O–H groups in total. The number of hydrogen-bond acceptors (Lipinski definition) is 4. The van der Waals surface area contributed by atoms with E-state index in [9.17, 15) is 14.7 Å². The van der Waals surface area contributed by atoms with Gasteiger partial charge in [0.05, 0.1) is 11.1 Å². The number of hydrogen-bond donors (Lipinski definition) is 2. The van der Waals surface area contributed by atoms with Gasteiger partial charge in [-0.3, -0.25) is 10.1 Å². The molecule has 0 bridgehead atoms. The number of nitrogens with zero attached hydrogens (tertiary/aromatic N) is 2. The molecule has 0 saturated carbocycles. The highest BCUT2D eigenvalue weighted by Gasteiger charge is 2.39. The number of carboxylic acid groups (broad SMARTS) is 1. The van der Waals surface area contributed by atoms with Gasteiger partial charge in [0, 0.05) is 18.5 Å². The second kappa shape index (κ2) is 6.01. The topological polar surface area (TPSA) is 82.5 Å². The second-order valence-electron chi connectivity index (χ2n) is 6.05. The van der Waals surface area contributed by atoms with Gasteiger partial charge in [-0.1, -0.05) is 13.8 Å². The number of thiazole rings is 1. The standard InChI is InChI=1S/C14H21N3O3S/c1-9(2)10-7-21-12(15-10)16-13(20)17-6-4-5-14(3,8-17)11(18)19/h7,9H,4-6,8H2,1-3H3,(H,18,19)(H,15,16,20). The Hall–Kier alpha value is -1.63. The van der Waals surface area contributed by atoms with E-state index in [1.807, 2.05) is 19.2 Å². The van der Waals surface area contributed by atoms with Crippen molar-refractivity contribution in [3.63, 3.8) is 0 Å². The third-order valence-electron chi connectivity index (χ3n) is 3.83. The molecule has 21 heavy (non-hydrogen) atoms. The molecule has 1 aromatic heterocycles. The van der Waals surface area contributed by atoms with E-state index in [1.54, 1.807) is 11.8 Å². The Morgan fingerprint density at radius 2 is 2.24 bits per heavy atom. The summed E-state index contributed by atoms with van der Waals surface area (Å²) in [5.41, 5.74) is 0.0889. The van der Waals surface area contributed by atoms with Gasteiger partial charge < -0.3 is 10.0 Å². The fourth-order valence-electron chi connectivity index (χ4n) is 2.37. The predicted molar refractivity (Wildman–Crippen MR) is 81.8 cm³/mol. The highest BCUT2D eigenvalue weighted by Crippen LogP contribution is 2.30. The summed E-state index contributed by atoms with van der Waals surface area (Å²) in [6.07, 6.45) is 1.30. The summed E-state index contributed by atoms with van der Waals surface area (Å²) in [7, 11) is 0. The van der Waals surface area contributed by atoms with Gasteiger partial charge in [-0.15, -0.1) is 11.3 Å². The van der Waals surface area contributed by atoms with Gasteiger partial charge in [0.1, 0.15) is 0 Å². The number of aliphatic carboxylic acids is 1. The van der Waals surface area contributed by atoms with Crippen LogP contribution < -0.4 is 5.32 Å². The molecule has 2 rings (SSSR count). The molecule has 1 fully saturated rings. The molecule has 2 amide bonds. The third-order valence-corrected chi connectivity index (χ3v) is 4.60. The Balaban J connectivity index is 2.01. The summed E-state index contributed by atoms with van der Waals surface area (Å²) in [4.78, 5) is 29.5. The quantitative estimate of drug-likeness (QED) is 0.899. The maximum absolute atomic E-state index is 12.2. The van der Waals surface area contributed by atoms with Gasteiger partial charge >= 0.3 is 12.0 Å². The van der Waals surface area contributed by atoms with Crippen molar-refractivity contribution in [2.75, 3.05) is 18.4 Å². The molecule has 1 unspecified atom stereocenters. The fraction of sp³-hybridized carbons (Fsp3) is 0.643. The maximum atomic E-state index is 12.2. The lowest BCUT2D eigenvalue weighted by Crippen LogP contribution is -2.49. The Morgan fingerprint density at radius 3 is 2.81 bits per heavy atom. The van der Waals surface area contributed by atoms with Crippen LogP contribution in [0.2, 0.25) is 0 Å². The van der Waals surface area contributed by atoms with Crippen molar-refractivity contribution in [2.24, 2.45) is 5.41 Å². The number of anilines is 1. The molecule has 7 heteroatoms. The van der Waals surface area contributed by atoms with E-state index >= 15 is 0 Å². The van der Waals surface area contributed by atoms with Gasteiger partial charge in [0.25, 0.3) is 0 Å². The summed E-state index contributed by atoms with van der Waals surface area (Å²) in [6, 6.07) is -0.271. The molecule has 6 nitrogen and oxygen atoms in total. The maximum Gasteiger partial charge on any atom is 0.323 e. The average molecular weight is 311 g/mol. The molecule has 1 aliphatic heterocycles. The number of carbonyl (C=O) groups is 2. The van der Waals surface area contributed by atoms with Crippen LogP contribution in [0, 0.1) is 5.41 Å². The van der Waals surface area contributed by atoms with E-state index in [0.717, 1.165) is 5.69 Å². The lowest BCUT2D eigenvalue weighted by Gasteiger charge is -2.37. The third kappa shape index (κ3) is 3.53. The summed E-state index contributed by atoms with van der Waals surface area (Å²) < 4.78 is 0. The van der Waals surface area contributed by atoms with E-state index in [1.165, 1.54) is 11.3 Å². The normalized spacial score (nSPS) is 22.4. The van der Waals surface area contributed by atoms with E-state index < -0.39 is 11.4 Å². The van der Waals surface area contributed by atoms with Gasteiger partial charge in [-0.2, -0.15) is 0 Å². The van der Waals surface area contributed by atoms with Crippen LogP contribution in [-0.4, -0.2) is 40.1 Å². The molecular weight excluding hydrogens is 290 g/mol. The second-order valence-corrected chi connectivity index (χ2v) is 6.91. The molecule has 1 aromatic rings. The van der Waals surface area contributed by atoms with Crippen LogP contribution in [0.5, 0.6) is 0 Å². The lowest BCUT2D eigenvalue weighted by molar-refractivity contribution is -0.150. The van der Waals surface area contributed by atoms with Crippen LogP contribution in [0.25, 0.3) is 0 Å². The van der Waals surface area contributed by atoms with Crippen LogP contribution in [0.1, 0.15) is 45.2 Å². The number of likely N-dealkylation sites (tertiary alicyclic amines) is 1. The van der Waals surface area contributed by atoms with Crippen molar-refractivity contribution >= 4 is 28.5 Å². The van der Waals surface area contributed by atoms with Gasteiger partial charge in [-0.05, 0) is 25.7 Å². The number of piperidine rings is 1. The number of rotatable bonds is 3. The molecule has 0 spiro atoms. The highest BCUT2D eigenvalue weighted by atomic mass is 32.1. The summed E-state index contributed by atoms with van der Waals surface area (Å²) in [5, 5.41) is 14.5. The largest absolute Gasteiger partial charge is 0.481 e. The molecule has 1 atom stereocenters. The van der Waals surface area contributed by atoms with E-state index in [0.29, 0.717) is 30.4 Å². The molecule has 0 radical (unpaired) electrons. The number of urea groups is 1. The lowest BCUT2D eigenvalue weighted by atomic mass is 9.82. The fourth-order valence-corrected chi connectivity index (χ4v) is 3.23. The van der Waals surface area contributed by atoms with Crippen LogP contribution in [0.15, 0.2) is 5.38 Å². The first-order valence-corrected chi connectivity index (χ1v) is 7.94. The van der Waals surface area contributed by atoms with Crippen molar-refractivity contribution in [1.29, 1.82) is 0 Å². The van der Waals surface area contributed by atoms with Crippen LogP contribution in [-0.2, 0) is 4.79 Å². The molecule has 1 saturated heterocycles. The zero-order chi connectivity index (χ0) is 15.6.